The first-order chi connectivity index (χ1) is 5.65. The number of hydrogen-bond acceptors (Lipinski definition) is 2. The van der Waals surface area contributed by atoms with Crippen LogP contribution in [0.2, 0.25) is 0 Å². The molecule has 12 heavy (non-hydrogen) atoms. The van der Waals surface area contributed by atoms with Crippen LogP contribution in [0.15, 0.2) is 0 Å². The van der Waals surface area contributed by atoms with Gasteiger partial charge in [0.25, 0.3) is 0 Å². The lowest BCUT2D eigenvalue weighted by atomic mass is 10.3. The summed E-state index contributed by atoms with van der Waals surface area (Å²) in [5.74, 6) is 0.728. The highest BCUT2D eigenvalue weighted by atomic mass is 16.5. The van der Waals surface area contributed by atoms with Crippen LogP contribution in [0.3, 0.4) is 0 Å². The Morgan fingerprint density at radius 2 is 2.17 bits per heavy atom. The zero-order valence-corrected chi connectivity index (χ0v) is 8.04. The normalized spacial score (nSPS) is 16.3. The van der Waals surface area contributed by atoms with Crippen molar-refractivity contribution in [3.63, 3.8) is 0 Å². The zero-order chi connectivity index (χ0) is 9.14. The molecule has 0 aromatic rings. The van der Waals surface area contributed by atoms with Gasteiger partial charge in [-0.1, -0.05) is 0 Å². The second kappa shape index (κ2) is 3.78. The van der Waals surface area contributed by atoms with Gasteiger partial charge in [-0.15, -0.1) is 0 Å². The van der Waals surface area contributed by atoms with E-state index < -0.39 is 0 Å². The highest BCUT2D eigenvalue weighted by Gasteiger charge is 2.28. The van der Waals surface area contributed by atoms with Gasteiger partial charge in [0.1, 0.15) is 0 Å². The van der Waals surface area contributed by atoms with E-state index in [9.17, 15) is 4.79 Å². The molecule has 0 aromatic carbocycles. The molecule has 3 nitrogen and oxygen atoms in total. The number of carbonyl (C=O) groups is 1. The second-order valence-corrected chi connectivity index (χ2v) is 3.66. The zero-order valence-electron chi connectivity index (χ0n) is 8.04. The predicted molar refractivity (Wildman–Crippen MR) is 47.0 cm³/mol. The second-order valence-electron chi connectivity index (χ2n) is 3.66. The fourth-order valence-corrected chi connectivity index (χ4v) is 1.19. The Hall–Kier alpha value is -0.730. The molecule has 0 aromatic heterocycles. The molecule has 70 valence electrons. The van der Waals surface area contributed by atoms with E-state index in [0.29, 0.717) is 0 Å². The molecule has 1 rings (SSSR count). The molecule has 0 atom stereocenters. The highest BCUT2D eigenvalue weighted by molar-refractivity contribution is 5.67. The van der Waals surface area contributed by atoms with Crippen LogP contribution in [0.1, 0.15) is 26.7 Å². The molecule has 0 heterocycles. The first kappa shape index (κ1) is 9.36. The summed E-state index contributed by atoms with van der Waals surface area (Å²) in [5, 5.41) is 0. The van der Waals surface area contributed by atoms with Crippen LogP contribution in [0.5, 0.6) is 0 Å². The van der Waals surface area contributed by atoms with Crippen molar-refractivity contribution in [2.75, 3.05) is 13.7 Å². The van der Waals surface area contributed by atoms with Crippen molar-refractivity contribution in [1.29, 1.82) is 0 Å². The Labute approximate surface area is 73.7 Å². The summed E-state index contributed by atoms with van der Waals surface area (Å²) in [5.41, 5.74) is 0. The molecule has 1 aliphatic carbocycles. The smallest absolute Gasteiger partial charge is 0.409 e. The van der Waals surface area contributed by atoms with Crippen molar-refractivity contribution in [3.05, 3.63) is 0 Å². The van der Waals surface area contributed by atoms with Gasteiger partial charge in [-0.2, -0.15) is 0 Å². The number of carbonyl (C=O) groups excluding carboxylic acids is 1. The maximum absolute atomic E-state index is 11.2. The first-order valence-corrected chi connectivity index (χ1v) is 4.49. The Morgan fingerprint density at radius 1 is 1.58 bits per heavy atom. The van der Waals surface area contributed by atoms with E-state index in [4.69, 9.17) is 0 Å². The first-order valence-electron chi connectivity index (χ1n) is 4.49. The Balaban J connectivity index is 2.41. The minimum Gasteiger partial charge on any atom is -0.453 e. The molecular formula is C9H17NO2. The van der Waals surface area contributed by atoms with Gasteiger partial charge in [0, 0.05) is 12.6 Å². The third-order valence-electron chi connectivity index (χ3n) is 2.18. The molecule has 0 unspecified atom stereocenters. The SMILES string of the molecule is COC(=O)N(CC1CC1)C(C)C. The van der Waals surface area contributed by atoms with Gasteiger partial charge >= 0.3 is 6.09 Å². The quantitative estimate of drug-likeness (QED) is 0.648. The Kier molecular flexibility index (Phi) is 2.95. The molecule has 3 heteroatoms. The number of rotatable bonds is 3. The average molecular weight is 171 g/mol. The summed E-state index contributed by atoms with van der Waals surface area (Å²) < 4.78 is 4.69. The molecule has 1 aliphatic rings. The van der Waals surface area contributed by atoms with E-state index in [1.54, 1.807) is 4.90 Å². The lowest BCUT2D eigenvalue weighted by Gasteiger charge is -2.24. The van der Waals surface area contributed by atoms with Crippen LogP contribution >= 0.6 is 0 Å². The number of hydrogen-bond donors (Lipinski definition) is 0. The lowest BCUT2D eigenvalue weighted by Crippen LogP contribution is -2.38. The van der Waals surface area contributed by atoms with Crippen molar-refractivity contribution in [2.24, 2.45) is 5.92 Å². The molecule has 0 spiro atoms. The minimum atomic E-state index is -0.197. The standard InChI is InChI=1S/C9H17NO2/c1-7(2)10(9(11)12-3)6-8-4-5-8/h7-8H,4-6H2,1-3H3. The van der Waals surface area contributed by atoms with Crippen LogP contribution < -0.4 is 0 Å². The monoisotopic (exact) mass is 171 g/mol. The molecule has 1 fully saturated rings. The van der Waals surface area contributed by atoms with Gasteiger partial charge < -0.3 is 9.64 Å². The average Bonchev–Trinajstić information content (AvgIpc) is 2.81. The third-order valence-corrected chi connectivity index (χ3v) is 2.18. The predicted octanol–water partition coefficient (Wildman–Crippen LogP) is 1.87. The van der Waals surface area contributed by atoms with Gasteiger partial charge in [0.2, 0.25) is 0 Å². The van der Waals surface area contributed by atoms with Crippen molar-refractivity contribution in [1.82, 2.24) is 4.90 Å². The molecule has 0 N–H and O–H groups in total. The number of amides is 1. The fraction of sp³-hybridized carbons (Fsp3) is 0.889. The molecule has 1 amide bonds. The van der Waals surface area contributed by atoms with Gasteiger partial charge in [0.05, 0.1) is 7.11 Å². The van der Waals surface area contributed by atoms with Gasteiger partial charge in [-0.3, -0.25) is 0 Å². The van der Waals surface area contributed by atoms with E-state index in [0.717, 1.165) is 12.5 Å². The van der Waals surface area contributed by atoms with E-state index in [1.165, 1.54) is 20.0 Å². The maximum atomic E-state index is 11.2. The fourth-order valence-electron chi connectivity index (χ4n) is 1.19. The number of methoxy groups -OCH3 is 1. The summed E-state index contributed by atoms with van der Waals surface area (Å²) >= 11 is 0. The van der Waals surface area contributed by atoms with Crippen molar-refractivity contribution >= 4 is 6.09 Å². The summed E-state index contributed by atoms with van der Waals surface area (Å²) in [6.45, 7) is 4.89. The van der Waals surface area contributed by atoms with Crippen LogP contribution in [0, 0.1) is 5.92 Å². The minimum absolute atomic E-state index is 0.197. The van der Waals surface area contributed by atoms with Crippen LogP contribution in [-0.2, 0) is 4.74 Å². The van der Waals surface area contributed by atoms with E-state index in [1.807, 2.05) is 13.8 Å². The summed E-state index contributed by atoms with van der Waals surface area (Å²) in [6.07, 6.45) is 2.33. The van der Waals surface area contributed by atoms with Gasteiger partial charge in [0.15, 0.2) is 0 Å². The summed E-state index contributed by atoms with van der Waals surface area (Å²) in [7, 11) is 1.44. The summed E-state index contributed by atoms with van der Waals surface area (Å²) in [4.78, 5) is 13.0. The Bertz CT molecular complexity index is 164. The molecule has 0 radical (unpaired) electrons. The molecule has 0 bridgehead atoms. The number of ether oxygens (including phenoxy) is 1. The highest BCUT2D eigenvalue weighted by Crippen LogP contribution is 2.30. The maximum Gasteiger partial charge on any atom is 0.409 e. The summed E-state index contributed by atoms with van der Waals surface area (Å²) in [6, 6.07) is 0.248. The Morgan fingerprint density at radius 3 is 2.50 bits per heavy atom. The van der Waals surface area contributed by atoms with Gasteiger partial charge in [-0.25, -0.2) is 4.79 Å². The van der Waals surface area contributed by atoms with Crippen molar-refractivity contribution < 1.29 is 9.53 Å². The van der Waals surface area contributed by atoms with Crippen molar-refractivity contribution in [2.45, 2.75) is 32.7 Å². The van der Waals surface area contributed by atoms with E-state index in [2.05, 4.69) is 4.74 Å². The van der Waals surface area contributed by atoms with Gasteiger partial charge in [-0.05, 0) is 32.6 Å². The topological polar surface area (TPSA) is 29.5 Å². The molecule has 0 saturated heterocycles. The van der Waals surface area contributed by atoms with E-state index >= 15 is 0 Å². The molecule has 0 aliphatic heterocycles. The largest absolute Gasteiger partial charge is 0.453 e. The van der Waals surface area contributed by atoms with Crippen LogP contribution in [0.25, 0.3) is 0 Å². The number of nitrogens with zero attached hydrogens (tertiary/aromatic N) is 1. The van der Waals surface area contributed by atoms with E-state index in [-0.39, 0.29) is 12.1 Å². The molecule has 1 saturated carbocycles. The van der Waals surface area contributed by atoms with Crippen molar-refractivity contribution in [3.8, 4) is 0 Å². The van der Waals surface area contributed by atoms with Crippen LogP contribution in [0.4, 0.5) is 4.79 Å². The lowest BCUT2D eigenvalue weighted by molar-refractivity contribution is 0.109. The van der Waals surface area contributed by atoms with Crippen LogP contribution in [-0.4, -0.2) is 30.7 Å². The third kappa shape index (κ3) is 2.40. The molecular weight excluding hydrogens is 154 g/mol.